The lowest BCUT2D eigenvalue weighted by Crippen LogP contribution is -2.38. The van der Waals surface area contributed by atoms with Crippen LogP contribution in [0.4, 0.5) is 0 Å². The molecule has 1 heterocycles. The van der Waals surface area contributed by atoms with E-state index in [4.69, 9.17) is 5.11 Å². The Hall–Kier alpha value is -0.610. The minimum absolute atomic E-state index is 0.276. The lowest BCUT2D eigenvalue weighted by atomic mass is 9.96. The molecule has 0 aromatic carbocycles. The summed E-state index contributed by atoms with van der Waals surface area (Å²) in [5.41, 5.74) is 0. The van der Waals surface area contributed by atoms with Crippen molar-refractivity contribution in [2.45, 2.75) is 19.3 Å². The van der Waals surface area contributed by atoms with E-state index in [-0.39, 0.29) is 6.42 Å². The highest BCUT2D eigenvalue weighted by atomic mass is 16.4. The lowest BCUT2D eigenvalue weighted by Gasteiger charge is -2.32. The van der Waals surface area contributed by atoms with Crippen LogP contribution < -0.4 is 0 Å². The van der Waals surface area contributed by atoms with Crippen LogP contribution in [0.25, 0.3) is 0 Å². The van der Waals surface area contributed by atoms with E-state index in [1.54, 1.807) is 0 Å². The van der Waals surface area contributed by atoms with Crippen LogP contribution in [-0.2, 0) is 4.79 Å². The first-order valence-corrected chi connectivity index (χ1v) is 5.67. The fraction of sp³-hybridized carbons (Fsp3) is 0.909. The molecular formula is C11H22N2O2. The van der Waals surface area contributed by atoms with Crippen LogP contribution in [0.1, 0.15) is 19.3 Å². The Labute approximate surface area is 91.9 Å². The molecule has 0 aliphatic carbocycles. The number of hydrogen-bond donors (Lipinski definition) is 1. The molecule has 88 valence electrons. The van der Waals surface area contributed by atoms with Crippen molar-refractivity contribution in [3.63, 3.8) is 0 Å². The van der Waals surface area contributed by atoms with Crippen LogP contribution in [0.3, 0.4) is 0 Å². The molecule has 0 amide bonds. The Bertz CT molecular complexity index is 199. The van der Waals surface area contributed by atoms with Crippen molar-refractivity contribution in [3.8, 4) is 0 Å². The Morgan fingerprint density at radius 2 is 2.00 bits per heavy atom. The number of rotatable bonds is 5. The number of likely N-dealkylation sites (tertiary alicyclic amines) is 1. The van der Waals surface area contributed by atoms with E-state index in [0.717, 1.165) is 25.6 Å². The Kier molecular flexibility index (Phi) is 5.05. The number of nitrogens with zero attached hydrogens (tertiary/aromatic N) is 2. The average Bonchev–Trinajstić information content (AvgIpc) is 2.16. The van der Waals surface area contributed by atoms with Gasteiger partial charge < -0.3 is 14.9 Å². The largest absolute Gasteiger partial charge is 0.481 e. The Morgan fingerprint density at radius 3 is 2.47 bits per heavy atom. The first-order chi connectivity index (χ1) is 7.08. The number of hydrogen-bond acceptors (Lipinski definition) is 3. The predicted molar refractivity (Wildman–Crippen MR) is 60.0 cm³/mol. The van der Waals surface area contributed by atoms with Crippen molar-refractivity contribution in [3.05, 3.63) is 0 Å². The summed E-state index contributed by atoms with van der Waals surface area (Å²) < 4.78 is 0. The molecule has 0 atom stereocenters. The van der Waals surface area contributed by atoms with Crippen LogP contribution in [0.5, 0.6) is 0 Å². The van der Waals surface area contributed by atoms with Crippen LogP contribution in [0.15, 0.2) is 0 Å². The first-order valence-electron chi connectivity index (χ1n) is 5.67. The summed E-state index contributed by atoms with van der Waals surface area (Å²) in [5.74, 6) is 0.103. The van der Waals surface area contributed by atoms with E-state index in [0.29, 0.717) is 6.54 Å². The summed E-state index contributed by atoms with van der Waals surface area (Å²) in [4.78, 5) is 14.9. The topological polar surface area (TPSA) is 43.8 Å². The van der Waals surface area contributed by atoms with Crippen molar-refractivity contribution < 1.29 is 9.90 Å². The summed E-state index contributed by atoms with van der Waals surface area (Å²) in [5, 5.41) is 8.58. The standard InChI is InChI=1S/C11H22N2O2/c1-12(2)9-10-3-6-13(7-4-10)8-5-11(14)15/h10H,3-9H2,1-2H3,(H,14,15). The van der Waals surface area contributed by atoms with Gasteiger partial charge in [0.1, 0.15) is 0 Å². The van der Waals surface area contributed by atoms with Gasteiger partial charge in [-0.25, -0.2) is 0 Å². The molecule has 1 rings (SSSR count). The molecule has 0 aromatic rings. The molecule has 0 unspecified atom stereocenters. The molecule has 1 aliphatic rings. The highest BCUT2D eigenvalue weighted by Crippen LogP contribution is 2.17. The van der Waals surface area contributed by atoms with E-state index in [1.165, 1.54) is 12.8 Å². The van der Waals surface area contributed by atoms with Crippen molar-refractivity contribution >= 4 is 5.97 Å². The lowest BCUT2D eigenvalue weighted by molar-refractivity contribution is -0.137. The molecule has 0 bridgehead atoms. The smallest absolute Gasteiger partial charge is 0.304 e. The average molecular weight is 214 g/mol. The maximum atomic E-state index is 10.4. The second-order valence-corrected chi connectivity index (χ2v) is 4.69. The third-order valence-electron chi connectivity index (χ3n) is 2.97. The fourth-order valence-corrected chi connectivity index (χ4v) is 2.16. The van der Waals surface area contributed by atoms with Crippen LogP contribution in [0.2, 0.25) is 0 Å². The fourth-order valence-electron chi connectivity index (χ4n) is 2.16. The molecule has 15 heavy (non-hydrogen) atoms. The first kappa shape index (κ1) is 12.5. The van der Waals surface area contributed by atoms with Gasteiger partial charge in [0, 0.05) is 13.1 Å². The predicted octanol–water partition coefficient (Wildman–Crippen LogP) is 0.735. The van der Waals surface area contributed by atoms with E-state index in [9.17, 15) is 4.79 Å². The van der Waals surface area contributed by atoms with Crippen molar-refractivity contribution in [2.24, 2.45) is 5.92 Å². The summed E-state index contributed by atoms with van der Waals surface area (Å²) in [7, 11) is 4.22. The van der Waals surface area contributed by atoms with Gasteiger partial charge in [0.2, 0.25) is 0 Å². The molecule has 1 saturated heterocycles. The van der Waals surface area contributed by atoms with Crippen molar-refractivity contribution in [1.82, 2.24) is 9.80 Å². The second-order valence-electron chi connectivity index (χ2n) is 4.69. The zero-order valence-electron chi connectivity index (χ0n) is 9.78. The van der Waals surface area contributed by atoms with E-state index < -0.39 is 5.97 Å². The summed E-state index contributed by atoms with van der Waals surface area (Å²) in [6, 6.07) is 0. The van der Waals surface area contributed by atoms with Crippen molar-refractivity contribution in [1.29, 1.82) is 0 Å². The highest BCUT2D eigenvalue weighted by Gasteiger charge is 2.19. The minimum atomic E-state index is -0.689. The van der Waals surface area contributed by atoms with Gasteiger partial charge in [-0.2, -0.15) is 0 Å². The van der Waals surface area contributed by atoms with Crippen molar-refractivity contribution in [2.75, 3.05) is 40.3 Å². The van der Waals surface area contributed by atoms with Gasteiger partial charge in [-0.1, -0.05) is 0 Å². The number of piperidine rings is 1. The molecule has 1 N–H and O–H groups in total. The third kappa shape index (κ3) is 5.14. The van der Waals surface area contributed by atoms with E-state index >= 15 is 0 Å². The Balaban J connectivity index is 2.15. The van der Waals surface area contributed by atoms with Gasteiger partial charge in [0.05, 0.1) is 6.42 Å². The molecule has 0 saturated carbocycles. The van der Waals surface area contributed by atoms with Gasteiger partial charge in [-0.15, -0.1) is 0 Å². The number of carboxylic acid groups (broad SMARTS) is 1. The highest BCUT2D eigenvalue weighted by molar-refractivity contribution is 5.66. The molecule has 4 nitrogen and oxygen atoms in total. The maximum absolute atomic E-state index is 10.4. The summed E-state index contributed by atoms with van der Waals surface area (Å²) in [6.45, 7) is 3.99. The maximum Gasteiger partial charge on any atom is 0.304 e. The molecule has 0 radical (unpaired) electrons. The van der Waals surface area contributed by atoms with Crippen LogP contribution >= 0.6 is 0 Å². The van der Waals surface area contributed by atoms with Crippen LogP contribution in [-0.4, -0.2) is 61.2 Å². The molecule has 4 heteroatoms. The SMILES string of the molecule is CN(C)CC1CCN(CCC(=O)O)CC1. The quantitative estimate of drug-likeness (QED) is 0.733. The monoisotopic (exact) mass is 214 g/mol. The van der Waals surface area contributed by atoms with E-state index in [1.807, 2.05) is 0 Å². The minimum Gasteiger partial charge on any atom is -0.481 e. The number of carbonyl (C=O) groups is 1. The number of aliphatic carboxylic acids is 1. The molecule has 0 spiro atoms. The van der Waals surface area contributed by atoms with Gasteiger partial charge in [-0.05, 0) is 45.9 Å². The Morgan fingerprint density at radius 1 is 1.40 bits per heavy atom. The van der Waals surface area contributed by atoms with Gasteiger partial charge in [0.15, 0.2) is 0 Å². The van der Waals surface area contributed by atoms with Gasteiger partial charge in [-0.3, -0.25) is 4.79 Å². The second kappa shape index (κ2) is 6.08. The van der Waals surface area contributed by atoms with E-state index in [2.05, 4.69) is 23.9 Å². The molecule has 1 aliphatic heterocycles. The van der Waals surface area contributed by atoms with Gasteiger partial charge in [0.25, 0.3) is 0 Å². The third-order valence-corrected chi connectivity index (χ3v) is 2.97. The summed E-state index contributed by atoms with van der Waals surface area (Å²) >= 11 is 0. The van der Waals surface area contributed by atoms with Gasteiger partial charge >= 0.3 is 5.97 Å². The summed E-state index contributed by atoms with van der Waals surface area (Å²) in [6.07, 6.45) is 2.69. The van der Waals surface area contributed by atoms with Crippen LogP contribution in [0, 0.1) is 5.92 Å². The normalized spacial score (nSPS) is 19.7. The zero-order chi connectivity index (χ0) is 11.3. The molecular weight excluding hydrogens is 192 g/mol. The molecule has 1 fully saturated rings. The zero-order valence-corrected chi connectivity index (χ0v) is 9.78. The molecule has 0 aromatic heterocycles. The number of carboxylic acids is 1.